The maximum absolute atomic E-state index is 9.67. The van der Waals surface area contributed by atoms with Gasteiger partial charge in [0.2, 0.25) is 0 Å². The molecule has 1 nitrogen and oxygen atoms in total. The minimum atomic E-state index is -1.44. The average molecular weight is 182 g/mol. The predicted molar refractivity (Wildman–Crippen MR) is 56.8 cm³/mol. The van der Waals surface area contributed by atoms with Gasteiger partial charge in [-0.15, -0.1) is 12.3 Å². The first kappa shape index (κ1) is 11.4. The van der Waals surface area contributed by atoms with Gasteiger partial charge in [0.05, 0.1) is 14.2 Å². The second-order valence-electron chi connectivity index (χ2n) is 3.88. The van der Waals surface area contributed by atoms with Crippen molar-refractivity contribution in [2.75, 3.05) is 0 Å². The number of aliphatic hydroxyl groups excluding tert-OH is 1. The second-order valence-corrected chi connectivity index (χ2v) is 8.92. The van der Waals surface area contributed by atoms with Crippen molar-refractivity contribution in [3.05, 3.63) is 30.2 Å². The van der Waals surface area contributed by atoms with Crippen molar-refractivity contribution in [3.63, 3.8) is 0 Å². The van der Waals surface area contributed by atoms with Crippen LogP contribution in [-0.4, -0.2) is 19.3 Å². The summed E-state index contributed by atoms with van der Waals surface area (Å²) in [6, 6.07) is 0. The Morgan fingerprint density at radius 2 is 2.08 bits per heavy atom. The van der Waals surface area contributed by atoms with Gasteiger partial charge in [0.1, 0.15) is 0 Å². The van der Waals surface area contributed by atoms with E-state index in [1.807, 2.05) is 0 Å². The van der Waals surface area contributed by atoms with E-state index in [0.29, 0.717) is 6.42 Å². The van der Waals surface area contributed by atoms with Gasteiger partial charge in [-0.05, 0) is 11.6 Å². The molecule has 0 spiro atoms. The van der Waals surface area contributed by atoms with Crippen LogP contribution in [0, 0.1) is 0 Å². The van der Waals surface area contributed by atoms with Gasteiger partial charge in [0.25, 0.3) is 0 Å². The third-order valence-corrected chi connectivity index (χ3v) is 3.85. The molecule has 0 rings (SSSR count). The molecule has 2 heteroatoms. The Morgan fingerprint density at radius 1 is 1.58 bits per heavy atom. The van der Waals surface area contributed by atoms with E-state index in [1.165, 1.54) is 0 Å². The van der Waals surface area contributed by atoms with E-state index in [2.05, 4.69) is 38.5 Å². The van der Waals surface area contributed by atoms with Crippen LogP contribution in [0.2, 0.25) is 19.6 Å². The van der Waals surface area contributed by atoms with E-state index in [1.54, 1.807) is 6.08 Å². The van der Waals surface area contributed by atoms with Gasteiger partial charge in [-0.3, -0.25) is 0 Å². The van der Waals surface area contributed by atoms with E-state index in [0.717, 1.165) is 5.20 Å². The van der Waals surface area contributed by atoms with Crippen LogP contribution in [0.5, 0.6) is 0 Å². The molecular weight excluding hydrogens is 164 g/mol. The molecule has 0 aliphatic carbocycles. The van der Waals surface area contributed by atoms with Gasteiger partial charge >= 0.3 is 0 Å². The Labute approximate surface area is 76.1 Å². The lowest BCUT2D eigenvalue weighted by Gasteiger charge is -2.22. The van der Waals surface area contributed by atoms with E-state index >= 15 is 0 Å². The van der Waals surface area contributed by atoms with E-state index in [4.69, 9.17) is 0 Å². The van der Waals surface area contributed by atoms with Gasteiger partial charge in [-0.2, -0.15) is 0 Å². The molecule has 0 aromatic heterocycles. The molecule has 0 fully saturated rings. The molecule has 1 unspecified atom stereocenters. The summed E-state index contributed by atoms with van der Waals surface area (Å²) in [6.45, 7) is 13.7. The van der Waals surface area contributed by atoms with Crippen molar-refractivity contribution in [1.82, 2.24) is 0 Å². The molecule has 0 aromatic rings. The smallest absolute Gasteiger partial charge is 0.0857 e. The quantitative estimate of drug-likeness (QED) is 0.402. The molecule has 0 saturated heterocycles. The van der Waals surface area contributed by atoms with Crippen LogP contribution >= 0.6 is 0 Å². The maximum Gasteiger partial charge on any atom is 0.0857 e. The van der Waals surface area contributed by atoms with Crippen LogP contribution in [-0.2, 0) is 0 Å². The van der Waals surface area contributed by atoms with Gasteiger partial charge in [0, 0.05) is 0 Å². The molecule has 1 atom stereocenters. The molecule has 68 valence electrons. The van der Waals surface area contributed by atoms with Crippen molar-refractivity contribution in [1.29, 1.82) is 0 Å². The number of aliphatic hydroxyl groups is 1. The molecule has 1 N–H and O–H groups in total. The Balaban J connectivity index is 4.59. The highest BCUT2D eigenvalue weighted by Crippen LogP contribution is 2.18. The standard InChI is InChI=1S/C10H18OSi/c1-6-8-9(11)10(7-2)12(3,4)5/h6,9,11H,1-2,8H2,3-5H3. The zero-order chi connectivity index (χ0) is 9.78. The van der Waals surface area contributed by atoms with Crippen LogP contribution in [0.4, 0.5) is 0 Å². The van der Waals surface area contributed by atoms with E-state index in [-0.39, 0.29) is 0 Å². The highest BCUT2D eigenvalue weighted by Gasteiger charge is 2.24. The summed E-state index contributed by atoms with van der Waals surface area (Å²) < 4.78 is 0. The van der Waals surface area contributed by atoms with Crippen molar-refractivity contribution >= 4 is 8.07 Å². The highest BCUT2D eigenvalue weighted by atomic mass is 28.3. The fourth-order valence-corrected chi connectivity index (χ4v) is 2.81. The first-order valence-corrected chi connectivity index (χ1v) is 7.63. The lowest BCUT2D eigenvalue weighted by molar-refractivity contribution is 0.221. The molecule has 0 aromatic carbocycles. The van der Waals surface area contributed by atoms with Gasteiger partial charge < -0.3 is 5.11 Å². The van der Waals surface area contributed by atoms with Crippen LogP contribution in [0.15, 0.2) is 30.2 Å². The number of rotatable bonds is 4. The summed E-state index contributed by atoms with van der Waals surface area (Å²) in [5, 5.41) is 10.7. The Morgan fingerprint density at radius 3 is 2.33 bits per heavy atom. The monoisotopic (exact) mass is 182 g/mol. The summed E-state index contributed by atoms with van der Waals surface area (Å²) in [5.74, 6) is 0. The van der Waals surface area contributed by atoms with Crippen molar-refractivity contribution in [2.45, 2.75) is 32.2 Å². The lowest BCUT2D eigenvalue weighted by atomic mass is 10.2. The summed E-state index contributed by atoms with van der Waals surface area (Å²) >= 11 is 0. The molecular formula is C10H18OSi. The topological polar surface area (TPSA) is 20.2 Å². The molecule has 12 heavy (non-hydrogen) atoms. The summed E-state index contributed by atoms with van der Waals surface area (Å²) in [4.78, 5) is 0. The average Bonchev–Trinajstić information content (AvgIpc) is 1.85. The van der Waals surface area contributed by atoms with Gasteiger partial charge in [0.15, 0.2) is 0 Å². The molecule has 0 saturated carbocycles. The highest BCUT2D eigenvalue weighted by molar-refractivity contribution is 6.83. The zero-order valence-corrected chi connectivity index (χ0v) is 9.22. The molecule has 0 bridgehead atoms. The molecule has 0 aliphatic rings. The molecule has 0 aliphatic heterocycles. The first-order chi connectivity index (χ1) is 5.43. The number of hydrogen-bond donors (Lipinski definition) is 1. The molecule has 0 radical (unpaired) electrons. The van der Waals surface area contributed by atoms with Crippen LogP contribution in [0.1, 0.15) is 6.42 Å². The summed E-state index contributed by atoms with van der Waals surface area (Å²) in [7, 11) is -1.44. The minimum Gasteiger partial charge on any atom is -0.388 e. The Kier molecular flexibility index (Phi) is 4.25. The zero-order valence-electron chi connectivity index (χ0n) is 8.22. The third-order valence-electron chi connectivity index (χ3n) is 1.72. The number of hydrogen-bond acceptors (Lipinski definition) is 1. The first-order valence-electron chi connectivity index (χ1n) is 4.13. The van der Waals surface area contributed by atoms with E-state index < -0.39 is 14.2 Å². The van der Waals surface area contributed by atoms with Crippen molar-refractivity contribution in [3.8, 4) is 0 Å². The summed E-state index contributed by atoms with van der Waals surface area (Å²) in [6.07, 6.45) is 1.90. The lowest BCUT2D eigenvalue weighted by Crippen LogP contribution is -2.31. The maximum atomic E-state index is 9.67. The van der Waals surface area contributed by atoms with Crippen molar-refractivity contribution in [2.24, 2.45) is 0 Å². The normalized spacial score (nSPS) is 13.3. The largest absolute Gasteiger partial charge is 0.388 e. The summed E-state index contributed by atoms with van der Waals surface area (Å²) in [5.41, 5.74) is 2.86. The van der Waals surface area contributed by atoms with Crippen LogP contribution in [0.25, 0.3) is 0 Å². The minimum absolute atomic E-state index is 0.424. The fourth-order valence-electron chi connectivity index (χ4n) is 1.16. The molecule has 0 heterocycles. The third kappa shape index (κ3) is 3.22. The second kappa shape index (κ2) is 4.46. The Hall–Kier alpha value is -0.563. The van der Waals surface area contributed by atoms with Gasteiger partial charge in [-0.1, -0.05) is 32.3 Å². The van der Waals surface area contributed by atoms with Crippen LogP contribution in [0.3, 0.4) is 0 Å². The van der Waals surface area contributed by atoms with Crippen molar-refractivity contribution < 1.29 is 5.11 Å². The fraction of sp³-hybridized carbons (Fsp3) is 0.500. The predicted octanol–water partition coefficient (Wildman–Crippen LogP) is 2.51. The van der Waals surface area contributed by atoms with E-state index in [9.17, 15) is 5.11 Å². The Bertz CT molecular complexity index is 206. The van der Waals surface area contributed by atoms with Gasteiger partial charge in [-0.25, -0.2) is 0 Å². The SMILES string of the molecule is C=C=C(C(O)CC=C)[Si](C)(C)C. The van der Waals surface area contributed by atoms with Crippen LogP contribution < -0.4 is 0 Å². The molecule has 0 amide bonds.